The highest BCUT2D eigenvalue weighted by atomic mass is 35.5. The van der Waals surface area contributed by atoms with E-state index in [0.717, 1.165) is 5.70 Å². The number of nitrogens with zero attached hydrogens (tertiary/aromatic N) is 1. The van der Waals surface area contributed by atoms with Gasteiger partial charge in [-0.1, -0.05) is 60.2 Å². The lowest BCUT2D eigenvalue weighted by Crippen LogP contribution is -2.16. The second kappa shape index (κ2) is 3.87. The average molecular weight is 272 g/mol. The number of hydrogen-bond acceptors (Lipinski definition) is 2. The number of allylic oxidation sites excluding steroid dienone is 8. The Kier molecular flexibility index (Phi) is 2.29. The monoisotopic (exact) mass is 271 g/mol. The first-order chi connectivity index (χ1) is 8.84. The molecular formula is C15H10ClNS. The Hall–Kier alpha value is -1.25. The molecule has 2 aliphatic carbocycles. The minimum absolute atomic E-state index is 0.150. The van der Waals surface area contributed by atoms with Crippen LogP contribution in [0.25, 0.3) is 0 Å². The van der Waals surface area contributed by atoms with Crippen molar-refractivity contribution in [1.29, 1.82) is 0 Å². The number of dihydropyridines is 1. The van der Waals surface area contributed by atoms with Crippen molar-refractivity contribution in [3.8, 4) is 0 Å². The fraction of sp³-hybridized carbons (Fsp3) is 0.133. The SMILES string of the molecule is ClC1=NC2=C3C=CC=CC3SC2=C2C=CC=CC12. The van der Waals surface area contributed by atoms with Gasteiger partial charge in [0.15, 0.2) is 0 Å². The fourth-order valence-electron chi connectivity index (χ4n) is 2.62. The normalized spacial score (nSPS) is 31.5. The Morgan fingerprint density at radius 3 is 2.67 bits per heavy atom. The molecule has 18 heavy (non-hydrogen) atoms. The molecule has 0 fully saturated rings. The summed E-state index contributed by atoms with van der Waals surface area (Å²) in [4.78, 5) is 5.92. The lowest BCUT2D eigenvalue weighted by Gasteiger charge is -2.22. The molecule has 0 saturated carbocycles. The van der Waals surface area contributed by atoms with Crippen LogP contribution in [-0.2, 0) is 0 Å². The van der Waals surface area contributed by atoms with E-state index in [4.69, 9.17) is 11.6 Å². The molecule has 0 bridgehead atoms. The molecule has 0 N–H and O–H groups in total. The summed E-state index contributed by atoms with van der Waals surface area (Å²) in [7, 11) is 0. The van der Waals surface area contributed by atoms with Crippen LogP contribution in [0.1, 0.15) is 0 Å². The van der Waals surface area contributed by atoms with Gasteiger partial charge in [-0.05, 0) is 11.1 Å². The molecule has 0 aromatic carbocycles. The van der Waals surface area contributed by atoms with Crippen LogP contribution in [0.15, 0.2) is 75.3 Å². The lowest BCUT2D eigenvalue weighted by molar-refractivity contribution is 1.02. The zero-order valence-corrected chi connectivity index (χ0v) is 11.1. The Labute approximate surface area is 115 Å². The second-order valence-corrected chi connectivity index (χ2v) is 6.07. The fourth-order valence-corrected chi connectivity index (χ4v) is 4.24. The molecule has 0 spiro atoms. The molecular weight excluding hydrogens is 262 g/mol. The van der Waals surface area contributed by atoms with E-state index in [-0.39, 0.29) is 5.92 Å². The van der Waals surface area contributed by atoms with E-state index in [2.05, 4.69) is 47.5 Å². The average Bonchev–Trinajstić information content (AvgIpc) is 2.78. The molecule has 0 amide bonds. The van der Waals surface area contributed by atoms with Crippen LogP contribution >= 0.6 is 23.4 Å². The van der Waals surface area contributed by atoms with E-state index >= 15 is 0 Å². The molecule has 4 rings (SSSR count). The minimum Gasteiger partial charge on any atom is -0.239 e. The van der Waals surface area contributed by atoms with Gasteiger partial charge in [-0.25, -0.2) is 4.99 Å². The molecule has 2 heterocycles. The van der Waals surface area contributed by atoms with Crippen molar-refractivity contribution in [2.24, 2.45) is 10.9 Å². The van der Waals surface area contributed by atoms with Gasteiger partial charge in [-0.15, -0.1) is 11.8 Å². The number of thioether (sulfide) groups is 1. The summed E-state index contributed by atoms with van der Waals surface area (Å²) in [6, 6.07) is 0. The molecule has 2 unspecified atom stereocenters. The van der Waals surface area contributed by atoms with E-state index in [1.165, 1.54) is 16.1 Å². The maximum atomic E-state index is 6.33. The van der Waals surface area contributed by atoms with Crippen molar-refractivity contribution < 1.29 is 0 Å². The third kappa shape index (κ3) is 1.39. The standard InChI is InChI=1S/C15H10ClNS/c16-15-10-6-2-1-5-9(10)14-13(17-15)11-7-3-4-8-12(11)18-14/h1-8,10,12H. The first kappa shape index (κ1) is 10.7. The van der Waals surface area contributed by atoms with E-state index in [9.17, 15) is 0 Å². The van der Waals surface area contributed by atoms with Gasteiger partial charge >= 0.3 is 0 Å². The van der Waals surface area contributed by atoms with Crippen molar-refractivity contribution >= 4 is 28.5 Å². The molecule has 4 aliphatic rings. The van der Waals surface area contributed by atoms with E-state index < -0.39 is 0 Å². The number of rotatable bonds is 0. The molecule has 88 valence electrons. The van der Waals surface area contributed by atoms with Crippen molar-refractivity contribution in [1.82, 2.24) is 0 Å². The molecule has 2 aliphatic heterocycles. The first-order valence-corrected chi connectivity index (χ1v) is 7.19. The Balaban J connectivity index is 1.95. The summed E-state index contributed by atoms with van der Waals surface area (Å²) in [6.07, 6.45) is 16.9. The zero-order chi connectivity index (χ0) is 12.1. The van der Waals surface area contributed by atoms with Crippen LogP contribution < -0.4 is 0 Å². The quantitative estimate of drug-likeness (QED) is 0.645. The highest BCUT2D eigenvalue weighted by molar-refractivity contribution is 8.04. The number of aliphatic imine (C=N–C) groups is 1. The molecule has 2 atom stereocenters. The maximum absolute atomic E-state index is 6.33. The van der Waals surface area contributed by atoms with Crippen molar-refractivity contribution in [3.63, 3.8) is 0 Å². The van der Waals surface area contributed by atoms with E-state index in [1.54, 1.807) is 0 Å². The van der Waals surface area contributed by atoms with Gasteiger partial charge < -0.3 is 0 Å². The zero-order valence-electron chi connectivity index (χ0n) is 9.51. The summed E-state index contributed by atoms with van der Waals surface area (Å²) >= 11 is 8.22. The Morgan fingerprint density at radius 1 is 1.00 bits per heavy atom. The van der Waals surface area contributed by atoms with Gasteiger partial charge in [0, 0.05) is 4.91 Å². The molecule has 0 saturated heterocycles. The minimum atomic E-state index is 0.150. The van der Waals surface area contributed by atoms with Crippen molar-refractivity contribution in [3.05, 3.63) is 70.4 Å². The third-order valence-electron chi connectivity index (χ3n) is 3.48. The first-order valence-electron chi connectivity index (χ1n) is 5.94. The predicted molar refractivity (Wildman–Crippen MR) is 78.8 cm³/mol. The summed E-state index contributed by atoms with van der Waals surface area (Å²) in [5.41, 5.74) is 3.65. The van der Waals surface area contributed by atoms with Crippen LogP contribution in [-0.4, -0.2) is 10.4 Å². The summed E-state index contributed by atoms with van der Waals surface area (Å²) in [5.74, 6) is 0.150. The van der Waals surface area contributed by atoms with Gasteiger partial charge in [0.2, 0.25) is 0 Å². The third-order valence-corrected chi connectivity index (χ3v) is 5.12. The molecule has 1 nitrogen and oxygen atoms in total. The van der Waals surface area contributed by atoms with Crippen LogP contribution in [0.3, 0.4) is 0 Å². The van der Waals surface area contributed by atoms with E-state index in [0.29, 0.717) is 10.4 Å². The lowest BCUT2D eigenvalue weighted by atomic mass is 9.91. The molecule has 3 heteroatoms. The molecule has 0 aromatic rings. The van der Waals surface area contributed by atoms with Gasteiger partial charge in [-0.3, -0.25) is 0 Å². The molecule has 0 aromatic heterocycles. The highest BCUT2D eigenvalue weighted by Gasteiger charge is 2.35. The summed E-state index contributed by atoms with van der Waals surface area (Å²) in [6.45, 7) is 0. The maximum Gasteiger partial charge on any atom is 0.118 e. The van der Waals surface area contributed by atoms with Gasteiger partial charge in [0.25, 0.3) is 0 Å². The van der Waals surface area contributed by atoms with Crippen LogP contribution in [0.5, 0.6) is 0 Å². The smallest absolute Gasteiger partial charge is 0.118 e. The van der Waals surface area contributed by atoms with Crippen molar-refractivity contribution in [2.45, 2.75) is 5.25 Å². The Morgan fingerprint density at radius 2 is 1.78 bits per heavy atom. The van der Waals surface area contributed by atoms with Gasteiger partial charge in [-0.2, -0.15) is 0 Å². The number of hydrogen-bond donors (Lipinski definition) is 0. The Bertz CT molecular complexity index is 643. The second-order valence-electron chi connectivity index (χ2n) is 4.53. The van der Waals surface area contributed by atoms with Gasteiger partial charge in [0.1, 0.15) is 5.17 Å². The summed E-state index contributed by atoms with van der Waals surface area (Å²) in [5, 5.41) is 1.08. The van der Waals surface area contributed by atoms with Crippen LogP contribution in [0.4, 0.5) is 0 Å². The topological polar surface area (TPSA) is 12.4 Å². The number of fused-ring (bicyclic) bond motifs is 3. The largest absolute Gasteiger partial charge is 0.239 e. The predicted octanol–water partition coefficient (Wildman–Crippen LogP) is 4.13. The van der Waals surface area contributed by atoms with Crippen LogP contribution in [0, 0.1) is 5.92 Å². The van der Waals surface area contributed by atoms with Gasteiger partial charge in [0.05, 0.1) is 16.9 Å². The van der Waals surface area contributed by atoms with Crippen molar-refractivity contribution in [2.75, 3.05) is 0 Å². The summed E-state index contributed by atoms with van der Waals surface area (Å²) < 4.78 is 0. The van der Waals surface area contributed by atoms with Crippen LogP contribution in [0.2, 0.25) is 0 Å². The highest BCUT2D eigenvalue weighted by Crippen LogP contribution is 2.50. The van der Waals surface area contributed by atoms with E-state index in [1.807, 2.05) is 17.8 Å². The molecule has 0 radical (unpaired) electrons. The number of halogens is 1.